The SMILES string of the molecule is C=CC1CCC(C2CCC(c3ccc(OCCCC)c(Cl)c3F)CC2)CC1. The second-order valence-electron chi connectivity index (χ2n) is 8.51. The Balaban J connectivity index is 1.56. The molecule has 1 nitrogen and oxygen atoms in total. The van der Waals surface area contributed by atoms with Crippen LogP contribution in [0.4, 0.5) is 4.39 Å². The third-order valence-electron chi connectivity index (χ3n) is 6.86. The van der Waals surface area contributed by atoms with Crippen LogP contribution in [-0.2, 0) is 0 Å². The first-order valence-electron chi connectivity index (χ1n) is 10.9. The molecule has 2 saturated carbocycles. The molecule has 0 aromatic heterocycles. The molecular formula is C24H34ClFO. The lowest BCUT2D eigenvalue weighted by molar-refractivity contribution is 0.171. The molecule has 0 N–H and O–H groups in total. The molecule has 0 bridgehead atoms. The van der Waals surface area contributed by atoms with Gasteiger partial charge in [0.1, 0.15) is 16.6 Å². The van der Waals surface area contributed by atoms with Gasteiger partial charge in [0.2, 0.25) is 0 Å². The zero-order valence-corrected chi connectivity index (χ0v) is 17.4. The first kappa shape index (κ1) is 20.7. The van der Waals surface area contributed by atoms with Gasteiger partial charge in [0.25, 0.3) is 0 Å². The molecule has 0 spiro atoms. The van der Waals surface area contributed by atoms with Gasteiger partial charge in [0, 0.05) is 0 Å². The standard InChI is InChI=1S/C24H34ClFO/c1-3-5-16-27-22-15-14-21(24(26)23(22)25)20-12-10-19(11-13-20)18-8-6-17(4-2)7-9-18/h4,14-15,17-20H,2-3,5-13,16H2,1H3. The highest BCUT2D eigenvalue weighted by atomic mass is 35.5. The van der Waals surface area contributed by atoms with E-state index in [2.05, 4.69) is 19.6 Å². The fraction of sp³-hybridized carbons (Fsp3) is 0.667. The Bertz CT molecular complexity index is 613. The van der Waals surface area contributed by atoms with Crippen LogP contribution in [0.1, 0.15) is 82.6 Å². The Kier molecular flexibility index (Phi) is 7.64. The van der Waals surface area contributed by atoms with Crippen LogP contribution in [0, 0.1) is 23.6 Å². The Hall–Kier alpha value is -1.02. The number of benzene rings is 1. The zero-order valence-electron chi connectivity index (χ0n) is 16.7. The summed E-state index contributed by atoms with van der Waals surface area (Å²) in [5, 5.41) is 0.161. The smallest absolute Gasteiger partial charge is 0.149 e. The van der Waals surface area contributed by atoms with Crippen molar-refractivity contribution in [2.24, 2.45) is 17.8 Å². The molecule has 3 rings (SSSR count). The van der Waals surface area contributed by atoms with E-state index in [9.17, 15) is 4.39 Å². The molecule has 0 radical (unpaired) electrons. The topological polar surface area (TPSA) is 9.23 Å². The summed E-state index contributed by atoms with van der Waals surface area (Å²) in [6.07, 6.45) is 14.0. The van der Waals surface area contributed by atoms with Gasteiger partial charge < -0.3 is 4.74 Å². The van der Waals surface area contributed by atoms with E-state index in [0.717, 1.165) is 49.0 Å². The van der Waals surface area contributed by atoms with Gasteiger partial charge in [0.15, 0.2) is 0 Å². The Morgan fingerprint density at radius 3 is 2.30 bits per heavy atom. The minimum absolute atomic E-state index is 0.161. The quantitative estimate of drug-likeness (QED) is 0.338. The van der Waals surface area contributed by atoms with E-state index in [-0.39, 0.29) is 10.8 Å². The van der Waals surface area contributed by atoms with Crippen LogP contribution < -0.4 is 4.74 Å². The second kappa shape index (κ2) is 9.96. The maximum Gasteiger partial charge on any atom is 0.149 e. The predicted octanol–water partition coefficient (Wildman–Crippen LogP) is 7.92. The summed E-state index contributed by atoms with van der Waals surface area (Å²) in [7, 11) is 0. The lowest BCUT2D eigenvalue weighted by Gasteiger charge is -2.37. The summed E-state index contributed by atoms with van der Waals surface area (Å²) >= 11 is 6.27. The van der Waals surface area contributed by atoms with Gasteiger partial charge >= 0.3 is 0 Å². The predicted molar refractivity (Wildman–Crippen MR) is 112 cm³/mol. The third-order valence-corrected chi connectivity index (χ3v) is 7.21. The number of ether oxygens (including phenoxy) is 1. The highest BCUT2D eigenvalue weighted by Crippen LogP contribution is 2.45. The Morgan fingerprint density at radius 2 is 1.70 bits per heavy atom. The van der Waals surface area contributed by atoms with Gasteiger partial charge in [0.05, 0.1) is 6.61 Å². The van der Waals surface area contributed by atoms with Gasteiger partial charge in [-0.25, -0.2) is 4.39 Å². The van der Waals surface area contributed by atoms with E-state index in [0.29, 0.717) is 18.3 Å². The molecule has 0 saturated heterocycles. The minimum atomic E-state index is -0.263. The molecule has 1 aromatic carbocycles. The number of allylic oxidation sites excluding steroid dienone is 1. The van der Waals surface area contributed by atoms with Crippen molar-refractivity contribution in [1.29, 1.82) is 0 Å². The van der Waals surface area contributed by atoms with Gasteiger partial charge in [-0.2, -0.15) is 0 Å². The summed E-state index contributed by atoms with van der Waals surface area (Å²) < 4.78 is 20.5. The van der Waals surface area contributed by atoms with Crippen molar-refractivity contribution in [1.82, 2.24) is 0 Å². The summed E-state index contributed by atoms with van der Waals surface area (Å²) in [5.74, 6) is 2.94. The largest absolute Gasteiger partial charge is 0.492 e. The van der Waals surface area contributed by atoms with E-state index in [1.54, 1.807) is 0 Å². The van der Waals surface area contributed by atoms with Crippen LogP contribution in [0.25, 0.3) is 0 Å². The Labute approximate surface area is 169 Å². The first-order valence-corrected chi connectivity index (χ1v) is 11.2. The van der Waals surface area contributed by atoms with Crippen LogP contribution in [-0.4, -0.2) is 6.61 Å². The average Bonchev–Trinajstić information content (AvgIpc) is 2.72. The molecule has 0 unspecified atom stereocenters. The van der Waals surface area contributed by atoms with E-state index in [1.807, 2.05) is 12.1 Å². The van der Waals surface area contributed by atoms with Crippen LogP contribution in [0.3, 0.4) is 0 Å². The number of halogens is 2. The van der Waals surface area contributed by atoms with Crippen LogP contribution in [0.5, 0.6) is 5.75 Å². The Morgan fingerprint density at radius 1 is 1.07 bits per heavy atom. The zero-order chi connectivity index (χ0) is 19.2. The van der Waals surface area contributed by atoms with Crippen LogP contribution in [0.15, 0.2) is 24.8 Å². The second-order valence-corrected chi connectivity index (χ2v) is 8.88. The molecule has 0 amide bonds. The lowest BCUT2D eigenvalue weighted by atomic mass is 9.68. The summed E-state index contributed by atoms with van der Waals surface area (Å²) in [5.41, 5.74) is 0.789. The number of hydrogen-bond acceptors (Lipinski definition) is 1. The molecule has 2 aliphatic carbocycles. The molecule has 27 heavy (non-hydrogen) atoms. The highest BCUT2D eigenvalue weighted by Gasteiger charge is 2.32. The average molecular weight is 393 g/mol. The number of hydrogen-bond donors (Lipinski definition) is 0. The third kappa shape index (κ3) is 5.08. The molecular weight excluding hydrogens is 359 g/mol. The monoisotopic (exact) mass is 392 g/mol. The van der Waals surface area contributed by atoms with Gasteiger partial charge in [-0.3, -0.25) is 0 Å². The normalized spacial score (nSPS) is 28.7. The molecule has 150 valence electrons. The maximum atomic E-state index is 14.9. The van der Waals surface area contributed by atoms with Crippen molar-refractivity contribution >= 4 is 11.6 Å². The van der Waals surface area contributed by atoms with Crippen molar-refractivity contribution in [2.45, 2.75) is 77.0 Å². The van der Waals surface area contributed by atoms with E-state index < -0.39 is 0 Å². The van der Waals surface area contributed by atoms with Gasteiger partial charge in [-0.1, -0.05) is 37.1 Å². The first-order chi connectivity index (χ1) is 13.1. The van der Waals surface area contributed by atoms with Crippen molar-refractivity contribution in [3.05, 3.63) is 41.2 Å². The van der Waals surface area contributed by atoms with E-state index in [1.165, 1.54) is 38.5 Å². The van der Waals surface area contributed by atoms with E-state index in [4.69, 9.17) is 16.3 Å². The van der Waals surface area contributed by atoms with Crippen molar-refractivity contribution in [3.63, 3.8) is 0 Å². The summed E-state index contributed by atoms with van der Waals surface area (Å²) in [6, 6.07) is 3.77. The lowest BCUT2D eigenvalue weighted by Crippen LogP contribution is -2.25. The summed E-state index contributed by atoms with van der Waals surface area (Å²) in [4.78, 5) is 0. The van der Waals surface area contributed by atoms with Crippen molar-refractivity contribution in [3.8, 4) is 5.75 Å². The molecule has 2 aliphatic rings. The molecule has 2 fully saturated rings. The van der Waals surface area contributed by atoms with Crippen LogP contribution >= 0.6 is 11.6 Å². The van der Waals surface area contributed by atoms with Crippen molar-refractivity contribution in [2.75, 3.05) is 6.61 Å². The fourth-order valence-electron chi connectivity index (χ4n) is 5.05. The van der Waals surface area contributed by atoms with Gasteiger partial charge in [-0.05, 0) is 93.1 Å². The minimum Gasteiger partial charge on any atom is -0.492 e. The van der Waals surface area contributed by atoms with E-state index >= 15 is 0 Å². The molecule has 0 atom stereocenters. The molecule has 0 heterocycles. The fourth-order valence-corrected chi connectivity index (χ4v) is 5.28. The number of unbranched alkanes of at least 4 members (excludes halogenated alkanes) is 1. The highest BCUT2D eigenvalue weighted by molar-refractivity contribution is 6.32. The maximum absolute atomic E-state index is 14.9. The van der Waals surface area contributed by atoms with Gasteiger partial charge in [-0.15, -0.1) is 6.58 Å². The molecule has 0 aliphatic heterocycles. The van der Waals surface area contributed by atoms with Crippen LogP contribution in [0.2, 0.25) is 5.02 Å². The number of rotatable bonds is 7. The van der Waals surface area contributed by atoms with Crippen molar-refractivity contribution < 1.29 is 9.13 Å². The molecule has 1 aromatic rings. The summed E-state index contributed by atoms with van der Waals surface area (Å²) in [6.45, 7) is 6.65. The molecule has 3 heteroatoms.